The van der Waals surface area contributed by atoms with E-state index in [-0.39, 0.29) is 17.7 Å². The van der Waals surface area contributed by atoms with E-state index in [0.717, 1.165) is 0 Å². The molecule has 1 unspecified atom stereocenters. The molecule has 0 spiro atoms. The van der Waals surface area contributed by atoms with Crippen molar-refractivity contribution in [1.29, 1.82) is 0 Å². The molecule has 21 heavy (non-hydrogen) atoms. The van der Waals surface area contributed by atoms with Crippen LogP contribution in [0.25, 0.3) is 0 Å². The molecule has 1 aromatic rings. The maximum absolute atomic E-state index is 14.4. The zero-order valence-electron chi connectivity index (χ0n) is 12.3. The van der Waals surface area contributed by atoms with Crippen LogP contribution in [0.5, 0.6) is 11.5 Å². The number of fused-ring (bicyclic) bond motifs is 1. The third-order valence-electron chi connectivity index (χ3n) is 3.16. The van der Waals surface area contributed by atoms with Gasteiger partial charge in [-0.25, -0.2) is 9.18 Å². The van der Waals surface area contributed by atoms with Gasteiger partial charge in [0.25, 0.3) is 0 Å². The minimum atomic E-state index is -1.75. The number of aliphatic hydroxyl groups excluding tert-OH is 1. The lowest BCUT2D eigenvalue weighted by atomic mass is 9.91. The monoisotopic (exact) mass is 298 g/mol. The third kappa shape index (κ3) is 3.26. The highest BCUT2D eigenvalue weighted by atomic mass is 19.1. The molecule has 1 heterocycles. The van der Waals surface area contributed by atoms with Gasteiger partial charge in [0.05, 0.1) is 6.61 Å². The molecule has 2 rings (SSSR count). The van der Waals surface area contributed by atoms with Crippen LogP contribution in [0.2, 0.25) is 0 Å². The van der Waals surface area contributed by atoms with Crippen LogP contribution in [0.15, 0.2) is 12.1 Å². The fourth-order valence-corrected chi connectivity index (χ4v) is 2.19. The molecule has 0 aromatic heterocycles. The first-order valence-electron chi connectivity index (χ1n) is 6.82. The molecule has 0 aliphatic carbocycles. The van der Waals surface area contributed by atoms with Gasteiger partial charge >= 0.3 is 5.97 Å². The summed E-state index contributed by atoms with van der Waals surface area (Å²) in [7, 11) is 0. The standard InChI is InChI=1S/C15H19FO5/c1-4-19-14(18)13(17)9-7-11-12(21-6-5-20-11)8-10(9)15(2,3)16/h7-8,13,17H,4-6H2,1-3H3. The Labute approximate surface area is 122 Å². The topological polar surface area (TPSA) is 65.0 Å². The number of ether oxygens (including phenoxy) is 3. The highest BCUT2D eigenvalue weighted by molar-refractivity contribution is 5.77. The number of halogens is 1. The SMILES string of the molecule is CCOC(=O)C(O)c1cc2c(cc1C(C)(C)F)OCCO2. The van der Waals surface area contributed by atoms with Crippen LogP contribution in [-0.4, -0.2) is 30.9 Å². The van der Waals surface area contributed by atoms with E-state index in [1.807, 2.05) is 0 Å². The highest BCUT2D eigenvalue weighted by Gasteiger charge is 2.32. The van der Waals surface area contributed by atoms with Gasteiger partial charge in [-0.15, -0.1) is 0 Å². The summed E-state index contributed by atoms with van der Waals surface area (Å²) in [6, 6.07) is 2.90. The average molecular weight is 298 g/mol. The summed E-state index contributed by atoms with van der Waals surface area (Å²) >= 11 is 0. The zero-order valence-corrected chi connectivity index (χ0v) is 12.3. The summed E-state index contributed by atoms with van der Waals surface area (Å²) in [5.74, 6) is -0.0333. The van der Waals surface area contributed by atoms with E-state index in [0.29, 0.717) is 24.7 Å². The van der Waals surface area contributed by atoms with Crippen LogP contribution in [0, 0.1) is 0 Å². The number of hydrogen-bond donors (Lipinski definition) is 1. The largest absolute Gasteiger partial charge is 0.486 e. The van der Waals surface area contributed by atoms with Gasteiger partial charge in [-0.2, -0.15) is 0 Å². The van der Waals surface area contributed by atoms with Gasteiger partial charge in [0.15, 0.2) is 17.6 Å². The van der Waals surface area contributed by atoms with Crippen molar-refractivity contribution < 1.29 is 28.5 Å². The minimum Gasteiger partial charge on any atom is -0.486 e. The Kier molecular flexibility index (Phi) is 4.37. The second-order valence-electron chi connectivity index (χ2n) is 5.21. The molecule has 6 heteroatoms. The third-order valence-corrected chi connectivity index (χ3v) is 3.16. The molecule has 1 aliphatic rings. The fraction of sp³-hybridized carbons (Fsp3) is 0.533. The van der Waals surface area contributed by atoms with Crippen LogP contribution in [0.1, 0.15) is 38.0 Å². The van der Waals surface area contributed by atoms with Gasteiger partial charge in [-0.1, -0.05) is 0 Å². The molecule has 0 fully saturated rings. The van der Waals surface area contributed by atoms with Crippen LogP contribution in [0.4, 0.5) is 4.39 Å². The van der Waals surface area contributed by atoms with Gasteiger partial charge in [0.1, 0.15) is 18.9 Å². The second-order valence-corrected chi connectivity index (χ2v) is 5.21. The van der Waals surface area contributed by atoms with E-state index in [9.17, 15) is 14.3 Å². The zero-order chi connectivity index (χ0) is 15.6. The Hall–Kier alpha value is -1.82. The molecule has 0 saturated carbocycles. The van der Waals surface area contributed by atoms with Crippen molar-refractivity contribution in [1.82, 2.24) is 0 Å². The van der Waals surface area contributed by atoms with E-state index in [2.05, 4.69) is 0 Å². The summed E-state index contributed by atoms with van der Waals surface area (Å²) in [4.78, 5) is 11.7. The predicted molar refractivity (Wildman–Crippen MR) is 73.2 cm³/mol. The van der Waals surface area contributed by atoms with Crippen LogP contribution >= 0.6 is 0 Å². The lowest BCUT2D eigenvalue weighted by Gasteiger charge is -2.26. The molecule has 1 aromatic carbocycles. The quantitative estimate of drug-likeness (QED) is 0.864. The Morgan fingerprint density at radius 2 is 1.95 bits per heavy atom. The summed E-state index contributed by atoms with van der Waals surface area (Å²) in [5, 5.41) is 10.1. The van der Waals surface area contributed by atoms with E-state index in [4.69, 9.17) is 14.2 Å². The lowest BCUT2D eigenvalue weighted by Crippen LogP contribution is -2.23. The van der Waals surface area contributed by atoms with E-state index in [1.54, 1.807) is 6.92 Å². The number of carbonyl (C=O) groups excluding carboxylic acids is 1. The minimum absolute atomic E-state index is 0.130. The van der Waals surface area contributed by atoms with Crippen molar-refractivity contribution in [2.24, 2.45) is 0 Å². The van der Waals surface area contributed by atoms with Crippen LogP contribution in [0.3, 0.4) is 0 Å². The molecular formula is C15H19FO5. The van der Waals surface area contributed by atoms with Crippen molar-refractivity contribution in [3.63, 3.8) is 0 Å². The van der Waals surface area contributed by atoms with Gasteiger partial charge in [0.2, 0.25) is 0 Å². The second kappa shape index (κ2) is 5.89. The molecule has 0 radical (unpaired) electrons. The summed E-state index contributed by atoms with van der Waals surface area (Å²) in [6.07, 6.45) is -1.56. The molecule has 0 bridgehead atoms. The Morgan fingerprint density at radius 1 is 1.38 bits per heavy atom. The molecule has 116 valence electrons. The highest BCUT2D eigenvalue weighted by Crippen LogP contribution is 2.40. The van der Waals surface area contributed by atoms with Crippen LogP contribution < -0.4 is 9.47 Å². The first-order chi connectivity index (χ1) is 9.84. The fourth-order valence-electron chi connectivity index (χ4n) is 2.19. The van der Waals surface area contributed by atoms with Crippen molar-refractivity contribution in [3.05, 3.63) is 23.3 Å². The molecule has 1 aliphatic heterocycles. The first kappa shape index (κ1) is 15.6. The Balaban J connectivity index is 2.49. The first-order valence-corrected chi connectivity index (χ1v) is 6.82. The van der Waals surface area contributed by atoms with Gasteiger partial charge in [-0.3, -0.25) is 0 Å². The molecular weight excluding hydrogens is 279 g/mol. The average Bonchev–Trinajstić information content (AvgIpc) is 2.44. The maximum Gasteiger partial charge on any atom is 0.339 e. The molecule has 1 N–H and O–H groups in total. The van der Waals surface area contributed by atoms with Gasteiger partial charge in [-0.05, 0) is 38.5 Å². The maximum atomic E-state index is 14.4. The normalized spacial score (nSPS) is 15.5. The van der Waals surface area contributed by atoms with Crippen LogP contribution in [-0.2, 0) is 15.2 Å². The van der Waals surface area contributed by atoms with Gasteiger partial charge in [0, 0.05) is 5.56 Å². The number of rotatable bonds is 4. The molecule has 0 saturated heterocycles. The number of benzene rings is 1. The number of alkyl halides is 1. The Morgan fingerprint density at radius 3 is 2.48 bits per heavy atom. The summed E-state index contributed by atoms with van der Waals surface area (Å²) < 4.78 is 30.0. The Bertz CT molecular complexity index is 536. The van der Waals surface area contributed by atoms with Crippen molar-refractivity contribution in [2.75, 3.05) is 19.8 Å². The molecule has 5 nitrogen and oxygen atoms in total. The van der Waals surface area contributed by atoms with Crippen molar-refractivity contribution in [3.8, 4) is 11.5 Å². The lowest BCUT2D eigenvalue weighted by molar-refractivity contribution is -0.153. The number of hydrogen-bond acceptors (Lipinski definition) is 5. The van der Waals surface area contributed by atoms with Crippen molar-refractivity contribution >= 4 is 5.97 Å². The van der Waals surface area contributed by atoms with E-state index in [1.165, 1.54) is 26.0 Å². The summed E-state index contributed by atoms with van der Waals surface area (Å²) in [5.41, 5.74) is -1.45. The summed E-state index contributed by atoms with van der Waals surface area (Å²) in [6.45, 7) is 5.20. The van der Waals surface area contributed by atoms with Gasteiger partial charge < -0.3 is 19.3 Å². The predicted octanol–water partition coefficient (Wildman–Crippen LogP) is 2.26. The number of esters is 1. The number of aliphatic hydroxyl groups is 1. The van der Waals surface area contributed by atoms with E-state index < -0.39 is 17.7 Å². The molecule has 0 amide bonds. The molecule has 1 atom stereocenters. The smallest absolute Gasteiger partial charge is 0.339 e. The van der Waals surface area contributed by atoms with E-state index >= 15 is 0 Å². The van der Waals surface area contributed by atoms with Crippen molar-refractivity contribution in [2.45, 2.75) is 32.5 Å². The number of carbonyl (C=O) groups is 1.